The summed E-state index contributed by atoms with van der Waals surface area (Å²) in [5, 5.41) is 11.8. The first-order chi connectivity index (χ1) is 10.5. The molecule has 0 fully saturated rings. The summed E-state index contributed by atoms with van der Waals surface area (Å²) >= 11 is 1.69. The normalized spacial score (nSPS) is 12.6. The van der Waals surface area contributed by atoms with E-state index in [0.29, 0.717) is 30.9 Å². The van der Waals surface area contributed by atoms with Crippen LogP contribution >= 0.6 is 11.3 Å². The van der Waals surface area contributed by atoms with Gasteiger partial charge in [-0.2, -0.15) is 0 Å². The zero-order chi connectivity index (χ0) is 16.1. The number of halogens is 1. The molecular formula is C17H22FNO2S. The second kappa shape index (κ2) is 7.72. The zero-order valence-electron chi connectivity index (χ0n) is 13.2. The molecule has 0 unspecified atom stereocenters. The first-order valence-corrected chi connectivity index (χ1v) is 8.13. The molecule has 1 heterocycles. The average molecular weight is 323 g/mol. The van der Waals surface area contributed by atoms with Gasteiger partial charge in [0.2, 0.25) is 0 Å². The number of methoxy groups -OCH3 is 1. The van der Waals surface area contributed by atoms with Crippen molar-refractivity contribution >= 4 is 11.3 Å². The first-order valence-electron chi connectivity index (χ1n) is 7.25. The molecule has 1 aromatic carbocycles. The molecule has 0 aliphatic rings. The van der Waals surface area contributed by atoms with Gasteiger partial charge in [-0.05, 0) is 49.1 Å². The molecule has 0 bridgehead atoms. The van der Waals surface area contributed by atoms with Gasteiger partial charge in [0.15, 0.2) is 0 Å². The number of hydrogen-bond acceptors (Lipinski definition) is 4. The first kappa shape index (κ1) is 16.9. The van der Waals surface area contributed by atoms with Crippen LogP contribution in [0.5, 0.6) is 5.75 Å². The molecule has 5 heteroatoms. The van der Waals surface area contributed by atoms with Crippen molar-refractivity contribution in [2.45, 2.75) is 33.0 Å². The Kier molecular flexibility index (Phi) is 5.94. The summed E-state index contributed by atoms with van der Waals surface area (Å²) in [5.41, 5.74) is 1.81. The molecule has 0 amide bonds. The van der Waals surface area contributed by atoms with Crippen molar-refractivity contribution in [1.82, 2.24) is 4.90 Å². The third-order valence-electron chi connectivity index (χ3n) is 3.50. The van der Waals surface area contributed by atoms with Crippen molar-refractivity contribution in [3.63, 3.8) is 0 Å². The smallest absolute Gasteiger partial charge is 0.127 e. The third kappa shape index (κ3) is 4.53. The summed E-state index contributed by atoms with van der Waals surface area (Å²) in [6.45, 7) is 5.44. The van der Waals surface area contributed by atoms with Crippen molar-refractivity contribution < 1.29 is 14.2 Å². The van der Waals surface area contributed by atoms with E-state index in [-0.39, 0.29) is 5.82 Å². The molecule has 2 aromatic rings. The van der Waals surface area contributed by atoms with Gasteiger partial charge < -0.3 is 9.84 Å². The van der Waals surface area contributed by atoms with Gasteiger partial charge >= 0.3 is 0 Å². The molecular weight excluding hydrogens is 301 g/mol. The lowest BCUT2D eigenvalue weighted by Crippen LogP contribution is -2.30. The van der Waals surface area contributed by atoms with Crippen LogP contribution in [0.15, 0.2) is 29.6 Å². The molecule has 1 atom stereocenters. The minimum Gasteiger partial charge on any atom is -0.497 e. The quantitative estimate of drug-likeness (QED) is 0.845. The predicted molar refractivity (Wildman–Crippen MR) is 87.8 cm³/mol. The third-order valence-corrected chi connectivity index (χ3v) is 4.51. The monoisotopic (exact) mass is 323 g/mol. The van der Waals surface area contributed by atoms with Crippen LogP contribution in [0.3, 0.4) is 0 Å². The van der Waals surface area contributed by atoms with Crippen molar-refractivity contribution in [3.8, 4) is 5.75 Å². The lowest BCUT2D eigenvalue weighted by atomic mass is 10.1. The molecule has 0 aliphatic heterocycles. The maximum atomic E-state index is 14.0. The average Bonchev–Trinajstić information content (AvgIpc) is 2.86. The lowest BCUT2D eigenvalue weighted by Gasteiger charge is -2.24. The molecule has 120 valence electrons. The molecule has 3 nitrogen and oxygen atoms in total. The molecule has 0 radical (unpaired) electrons. The van der Waals surface area contributed by atoms with Gasteiger partial charge in [-0.25, -0.2) is 4.39 Å². The van der Waals surface area contributed by atoms with E-state index < -0.39 is 6.10 Å². The maximum Gasteiger partial charge on any atom is 0.127 e. The van der Waals surface area contributed by atoms with Crippen LogP contribution in [0.2, 0.25) is 0 Å². The minimum absolute atomic E-state index is 0.251. The number of aryl methyl sites for hydroxylation is 1. The maximum absolute atomic E-state index is 14.0. The number of ether oxygens (including phenoxy) is 1. The summed E-state index contributed by atoms with van der Waals surface area (Å²) in [4.78, 5) is 3.30. The Morgan fingerprint density at radius 2 is 2.09 bits per heavy atom. The molecule has 0 saturated heterocycles. The predicted octanol–water partition coefficient (Wildman–Crippen LogP) is 3.59. The molecule has 2 rings (SSSR count). The van der Waals surface area contributed by atoms with Crippen LogP contribution < -0.4 is 4.74 Å². The summed E-state index contributed by atoms with van der Waals surface area (Å²) in [7, 11) is 1.57. The van der Waals surface area contributed by atoms with E-state index in [4.69, 9.17) is 4.74 Å². The van der Waals surface area contributed by atoms with Crippen LogP contribution in [-0.4, -0.2) is 29.8 Å². The van der Waals surface area contributed by atoms with Crippen molar-refractivity contribution in [3.05, 3.63) is 51.5 Å². The van der Waals surface area contributed by atoms with Gasteiger partial charge in [0, 0.05) is 30.1 Å². The molecule has 0 aliphatic carbocycles. The Bertz CT molecular complexity index is 612. The van der Waals surface area contributed by atoms with Gasteiger partial charge in [0.05, 0.1) is 13.2 Å². The fourth-order valence-corrected chi connectivity index (χ4v) is 3.32. The molecule has 1 aromatic heterocycles. The fraction of sp³-hybridized carbons (Fsp3) is 0.412. The number of benzene rings is 1. The van der Waals surface area contributed by atoms with E-state index in [2.05, 4.69) is 23.3 Å². The van der Waals surface area contributed by atoms with Crippen LogP contribution in [0, 0.1) is 12.7 Å². The molecule has 1 N–H and O–H groups in total. The van der Waals surface area contributed by atoms with E-state index in [9.17, 15) is 9.50 Å². The Morgan fingerprint density at radius 1 is 1.32 bits per heavy atom. The zero-order valence-corrected chi connectivity index (χ0v) is 14.0. The highest BCUT2D eigenvalue weighted by molar-refractivity contribution is 7.10. The number of aliphatic hydroxyl groups excluding tert-OH is 1. The highest BCUT2D eigenvalue weighted by Gasteiger charge is 2.15. The second-order valence-electron chi connectivity index (χ2n) is 5.50. The Hall–Kier alpha value is -1.43. The number of thiophene rings is 1. The van der Waals surface area contributed by atoms with Gasteiger partial charge in [-0.1, -0.05) is 0 Å². The lowest BCUT2D eigenvalue weighted by molar-refractivity contribution is 0.118. The van der Waals surface area contributed by atoms with Gasteiger partial charge in [0.25, 0.3) is 0 Å². The molecule has 0 spiro atoms. The van der Waals surface area contributed by atoms with Crippen molar-refractivity contribution in [2.75, 3.05) is 13.7 Å². The van der Waals surface area contributed by atoms with Crippen LogP contribution in [0.1, 0.15) is 22.9 Å². The largest absolute Gasteiger partial charge is 0.497 e. The van der Waals surface area contributed by atoms with E-state index in [0.717, 1.165) is 0 Å². The van der Waals surface area contributed by atoms with E-state index in [1.807, 2.05) is 0 Å². The SMILES string of the molecule is COc1ccc(F)c(CN(Cc2sccc2C)C[C@@H](C)O)c1. The van der Waals surface area contributed by atoms with Crippen molar-refractivity contribution in [2.24, 2.45) is 0 Å². The Balaban J connectivity index is 2.17. The van der Waals surface area contributed by atoms with Gasteiger partial charge in [-0.3, -0.25) is 4.90 Å². The topological polar surface area (TPSA) is 32.7 Å². The number of aliphatic hydroxyl groups is 1. The number of rotatable bonds is 7. The Labute approximate surface area is 135 Å². The van der Waals surface area contributed by atoms with E-state index in [1.54, 1.807) is 37.5 Å². The van der Waals surface area contributed by atoms with E-state index in [1.165, 1.54) is 16.5 Å². The summed E-state index contributed by atoms with van der Waals surface area (Å²) in [5.74, 6) is 0.389. The molecule has 22 heavy (non-hydrogen) atoms. The summed E-state index contributed by atoms with van der Waals surface area (Å²) in [6, 6.07) is 6.82. The van der Waals surface area contributed by atoms with Gasteiger partial charge in [-0.15, -0.1) is 11.3 Å². The van der Waals surface area contributed by atoms with E-state index >= 15 is 0 Å². The highest BCUT2D eigenvalue weighted by Crippen LogP contribution is 2.22. The van der Waals surface area contributed by atoms with Crippen LogP contribution in [-0.2, 0) is 13.1 Å². The fourth-order valence-electron chi connectivity index (χ4n) is 2.37. The highest BCUT2D eigenvalue weighted by atomic mass is 32.1. The Morgan fingerprint density at radius 3 is 2.68 bits per heavy atom. The number of hydrogen-bond donors (Lipinski definition) is 1. The number of nitrogens with zero attached hydrogens (tertiary/aromatic N) is 1. The minimum atomic E-state index is -0.464. The standard InChI is InChI=1S/C17H22FNO2S/c1-12-6-7-22-17(12)11-19(9-13(2)20)10-14-8-15(21-3)4-5-16(14)18/h4-8,13,20H,9-11H2,1-3H3/t13-/m1/s1. The van der Waals surface area contributed by atoms with Crippen molar-refractivity contribution in [1.29, 1.82) is 0 Å². The van der Waals surface area contributed by atoms with Gasteiger partial charge in [0.1, 0.15) is 11.6 Å². The van der Waals surface area contributed by atoms with Crippen LogP contribution in [0.4, 0.5) is 4.39 Å². The summed E-state index contributed by atoms with van der Waals surface area (Å²) in [6.07, 6.45) is -0.464. The molecule has 0 saturated carbocycles. The van der Waals surface area contributed by atoms with Crippen LogP contribution in [0.25, 0.3) is 0 Å². The second-order valence-corrected chi connectivity index (χ2v) is 6.50. The summed E-state index contributed by atoms with van der Waals surface area (Å²) < 4.78 is 19.2.